The van der Waals surface area contributed by atoms with Crippen LogP contribution in [0.3, 0.4) is 0 Å². The molecule has 47 heavy (non-hydrogen) atoms. The van der Waals surface area contributed by atoms with Crippen molar-refractivity contribution in [1.82, 2.24) is 30.2 Å². The summed E-state index contributed by atoms with van der Waals surface area (Å²) >= 11 is 12.9. The van der Waals surface area contributed by atoms with E-state index in [4.69, 9.17) is 42.1 Å². The molecule has 1 N–H and O–H groups in total. The second-order valence-electron chi connectivity index (χ2n) is 10.5. The van der Waals surface area contributed by atoms with Gasteiger partial charge < -0.3 is 29.2 Å². The molecule has 2 aliphatic heterocycles. The van der Waals surface area contributed by atoms with E-state index in [0.29, 0.717) is 49.2 Å². The van der Waals surface area contributed by atoms with Crippen LogP contribution in [0.25, 0.3) is 0 Å². The molecule has 2 aliphatic rings. The highest BCUT2D eigenvalue weighted by Gasteiger charge is 2.44. The van der Waals surface area contributed by atoms with Gasteiger partial charge in [0.15, 0.2) is 5.82 Å². The highest BCUT2D eigenvalue weighted by molar-refractivity contribution is 6.42. The van der Waals surface area contributed by atoms with Crippen LogP contribution in [-0.2, 0) is 41.7 Å². The van der Waals surface area contributed by atoms with E-state index in [1.807, 2.05) is 6.07 Å². The Morgan fingerprint density at radius 2 is 1.96 bits per heavy atom. The van der Waals surface area contributed by atoms with E-state index in [2.05, 4.69) is 40.6 Å². The van der Waals surface area contributed by atoms with Gasteiger partial charge in [0.05, 0.1) is 61.4 Å². The number of aliphatic imine (C=N–C) groups is 1. The molecular weight excluding hydrogens is 653 g/mol. The molecule has 0 amide bonds. The van der Waals surface area contributed by atoms with Crippen LogP contribution < -0.4 is 10.2 Å². The number of esters is 2. The summed E-state index contributed by atoms with van der Waals surface area (Å²) in [6.07, 6.45) is 1.53. The summed E-state index contributed by atoms with van der Waals surface area (Å²) in [6.45, 7) is 7.16. The SMILES string of the molecule is CCOC(=O)C1=C(COCc2nnn(CCNc3cc(N4CCOCC4)ncn3)n2)N=C(C)C(C(=O)OC)C1c1cccc(Cl)c1Cl. The summed E-state index contributed by atoms with van der Waals surface area (Å²) < 4.78 is 21.8. The van der Waals surface area contributed by atoms with Crippen LogP contribution in [0.15, 0.2) is 46.9 Å². The Labute approximate surface area is 281 Å². The Morgan fingerprint density at radius 3 is 2.72 bits per heavy atom. The van der Waals surface area contributed by atoms with Gasteiger partial charge >= 0.3 is 11.9 Å². The minimum Gasteiger partial charge on any atom is -0.468 e. The zero-order chi connectivity index (χ0) is 33.3. The average Bonchev–Trinajstić information content (AvgIpc) is 3.53. The van der Waals surface area contributed by atoms with Crippen molar-refractivity contribution in [3.8, 4) is 0 Å². The Balaban J connectivity index is 1.26. The van der Waals surface area contributed by atoms with Crippen molar-refractivity contribution in [2.45, 2.75) is 32.9 Å². The van der Waals surface area contributed by atoms with Crippen molar-refractivity contribution < 1.29 is 28.5 Å². The number of methoxy groups -OCH3 is 1. The van der Waals surface area contributed by atoms with Gasteiger partial charge in [0.1, 0.15) is 30.5 Å². The van der Waals surface area contributed by atoms with Gasteiger partial charge in [0, 0.05) is 37.3 Å². The number of anilines is 2. The topological polar surface area (TPSA) is 168 Å². The number of hydrogen-bond donors (Lipinski definition) is 1. The highest BCUT2D eigenvalue weighted by Crippen LogP contribution is 2.44. The van der Waals surface area contributed by atoms with Gasteiger partial charge in [-0.2, -0.15) is 4.80 Å². The maximum absolute atomic E-state index is 13.4. The van der Waals surface area contributed by atoms with Crippen molar-refractivity contribution >= 4 is 52.5 Å². The van der Waals surface area contributed by atoms with Crippen molar-refractivity contribution in [1.29, 1.82) is 0 Å². The summed E-state index contributed by atoms with van der Waals surface area (Å²) in [7, 11) is 1.27. The number of carbonyl (C=O) groups excluding carboxylic acids is 2. The van der Waals surface area contributed by atoms with Crippen molar-refractivity contribution in [2.75, 3.05) is 63.4 Å². The first kappa shape index (κ1) is 34.2. The van der Waals surface area contributed by atoms with Gasteiger partial charge in [-0.15, -0.1) is 10.2 Å². The number of rotatable bonds is 13. The molecule has 3 aromatic rings. The lowest BCUT2D eigenvalue weighted by Crippen LogP contribution is -2.37. The zero-order valence-electron chi connectivity index (χ0n) is 26.2. The molecule has 4 heterocycles. The smallest absolute Gasteiger partial charge is 0.336 e. The van der Waals surface area contributed by atoms with Crippen LogP contribution >= 0.6 is 23.2 Å². The number of morpholine rings is 1. The molecule has 0 bridgehead atoms. The van der Waals surface area contributed by atoms with Crippen LogP contribution in [-0.4, -0.2) is 101 Å². The first-order chi connectivity index (χ1) is 22.8. The van der Waals surface area contributed by atoms with Crippen LogP contribution in [0.4, 0.5) is 11.6 Å². The fourth-order valence-corrected chi connectivity index (χ4v) is 5.81. The molecular formula is C30H35Cl2N9O6. The van der Waals surface area contributed by atoms with Gasteiger partial charge in [0.2, 0.25) is 0 Å². The summed E-state index contributed by atoms with van der Waals surface area (Å²) in [6, 6.07) is 6.91. The lowest BCUT2D eigenvalue weighted by molar-refractivity contribution is -0.144. The van der Waals surface area contributed by atoms with Crippen LogP contribution in [0, 0.1) is 5.92 Å². The molecule has 5 rings (SSSR count). The van der Waals surface area contributed by atoms with Gasteiger partial charge in [-0.25, -0.2) is 14.8 Å². The summed E-state index contributed by atoms with van der Waals surface area (Å²) in [4.78, 5) is 43.2. The van der Waals surface area contributed by atoms with Crippen LogP contribution in [0.5, 0.6) is 0 Å². The van der Waals surface area contributed by atoms with E-state index < -0.39 is 23.8 Å². The van der Waals surface area contributed by atoms with E-state index in [0.717, 1.165) is 18.9 Å². The third kappa shape index (κ3) is 8.22. The minimum atomic E-state index is -0.942. The lowest BCUT2D eigenvalue weighted by atomic mass is 9.75. The molecule has 0 aliphatic carbocycles. The number of nitrogens with zero attached hydrogens (tertiary/aromatic N) is 8. The van der Waals surface area contributed by atoms with Crippen molar-refractivity contribution in [3.63, 3.8) is 0 Å². The van der Waals surface area contributed by atoms with E-state index in [9.17, 15) is 9.59 Å². The molecule has 250 valence electrons. The second kappa shape index (κ2) is 16.1. The fraction of sp³-hybridized carbons (Fsp3) is 0.467. The number of hydrogen-bond acceptors (Lipinski definition) is 14. The number of halogens is 2. The third-order valence-corrected chi connectivity index (χ3v) is 8.39. The van der Waals surface area contributed by atoms with Gasteiger partial charge in [-0.05, 0) is 30.7 Å². The predicted molar refractivity (Wildman–Crippen MR) is 173 cm³/mol. The standard InChI is InChI=1S/C30H35Cl2N9O6/c1-4-47-30(43)27-21(36-18(2)25(29(42)44-3)26(27)19-6-5-7-20(31)28(19)32)15-46-16-23-37-39-41(38-23)9-8-33-22-14-24(35-17-34-22)40-10-12-45-13-11-40/h5-7,14,17,25-26H,4,8-13,15-16H2,1-3H3,(H,33,34,35). The van der Waals surface area contributed by atoms with Crippen molar-refractivity contribution in [2.24, 2.45) is 10.9 Å². The number of tetrazole rings is 1. The molecule has 2 aromatic heterocycles. The molecule has 1 fully saturated rings. The lowest BCUT2D eigenvalue weighted by Gasteiger charge is -2.32. The van der Waals surface area contributed by atoms with Crippen LogP contribution in [0.1, 0.15) is 31.2 Å². The quantitative estimate of drug-likeness (QED) is 0.261. The van der Waals surface area contributed by atoms with E-state index in [1.54, 1.807) is 32.0 Å². The number of benzene rings is 1. The normalized spacial score (nSPS) is 18.1. The molecule has 0 radical (unpaired) electrons. The molecule has 17 heteroatoms. The number of carbonyl (C=O) groups is 2. The summed E-state index contributed by atoms with van der Waals surface area (Å²) in [5, 5.41) is 16.3. The minimum absolute atomic E-state index is 0.0144. The second-order valence-corrected chi connectivity index (χ2v) is 11.3. The number of nitrogens with one attached hydrogen (secondary N) is 1. The van der Waals surface area contributed by atoms with E-state index in [-0.39, 0.29) is 41.1 Å². The fourth-order valence-electron chi connectivity index (χ4n) is 5.38. The number of aromatic nitrogens is 6. The Hall–Kier alpha value is -4.18. The maximum Gasteiger partial charge on any atom is 0.336 e. The van der Waals surface area contributed by atoms with Gasteiger partial charge in [-0.1, -0.05) is 35.3 Å². The van der Waals surface area contributed by atoms with Gasteiger partial charge in [0.25, 0.3) is 0 Å². The first-order valence-electron chi connectivity index (χ1n) is 15.0. The van der Waals surface area contributed by atoms with Crippen molar-refractivity contribution in [3.05, 3.63) is 63.3 Å². The number of ether oxygens (including phenoxy) is 4. The summed E-state index contributed by atoms with van der Waals surface area (Å²) in [5.41, 5.74) is 1.28. The Morgan fingerprint density at radius 1 is 1.15 bits per heavy atom. The summed E-state index contributed by atoms with van der Waals surface area (Å²) in [5.74, 6) is -1.20. The zero-order valence-corrected chi connectivity index (χ0v) is 27.7. The molecule has 0 spiro atoms. The van der Waals surface area contributed by atoms with E-state index in [1.165, 1.54) is 18.2 Å². The largest absolute Gasteiger partial charge is 0.468 e. The monoisotopic (exact) mass is 687 g/mol. The van der Waals surface area contributed by atoms with E-state index >= 15 is 0 Å². The Kier molecular flexibility index (Phi) is 11.7. The molecule has 1 saturated heterocycles. The molecule has 0 saturated carbocycles. The third-order valence-electron chi connectivity index (χ3n) is 7.55. The Bertz CT molecular complexity index is 1640. The van der Waals surface area contributed by atoms with Gasteiger partial charge in [-0.3, -0.25) is 9.79 Å². The first-order valence-corrected chi connectivity index (χ1v) is 15.8. The highest BCUT2D eigenvalue weighted by atomic mass is 35.5. The molecule has 2 unspecified atom stereocenters. The maximum atomic E-state index is 13.4. The van der Waals surface area contributed by atoms with Crippen LogP contribution in [0.2, 0.25) is 10.0 Å². The molecule has 1 aromatic carbocycles. The average molecular weight is 689 g/mol. The predicted octanol–water partition coefficient (Wildman–Crippen LogP) is 3.10. The molecule has 2 atom stereocenters. The molecule has 15 nitrogen and oxygen atoms in total.